The number of hydrogen-bond donors (Lipinski definition) is 0. The van der Waals surface area contributed by atoms with Crippen molar-refractivity contribution in [2.75, 3.05) is 19.7 Å². The minimum atomic E-state index is -2.61. The molecule has 2 saturated heterocycles. The highest BCUT2D eigenvalue weighted by molar-refractivity contribution is 6.77. The van der Waals surface area contributed by atoms with Crippen molar-refractivity contribution in [2.45, 2.75) is 135 Å². The molecule has 0 spiro atoms. The largest absolute Gasteiger partial charge is 0.408 e. The Labute approximate surface area is 319 Å². The first-order valence-corrected chi connectivity index (χ1v) is 21.7. The maximum atomic E-state index is 15.0. The summed E-state index contributed by atoms with van der Waals surface area (Å²) < 4.78 is 28.6. The third-order valence-corrected chi connectivity index (χ3v) is 17.7. The summed E-state index contributed by atoms with van der Waals surface area (Å²) in [6, 6.07) is 29.0. The topological polar surface area (TPSA) is 77.5 Å². The Hall–Kier alpha value is -3.34. The summed E-state index contributed by atoms with van der Waals surface area (Å²) in [7, 11) is -2.61. The van der Waals surface area contributed by atoms with E-state index in [2.05, 4.69) is 77.9 Å². The van der Waals surface area contributed by atoms with Crippen LogP contribution in [0.5, 0.6) is 0 Å². The monoisotopic (exact) mass is 742 g/mol. The first-order valence-electron chi connectivity index (χ1n) is 19.6. The minimum absolute atomic E-state index is 0.0642. The molecule has 0 N–H and O–H groups in total. The Kier molecular flexibility index (Phi) is 12.8. The van der Waals surface area contributed by atoms with Crippen LogP contribution in [-0.4, -0.2) is 85.8 Å². The number of piperidine rings is 1. The SMILES string of the molecule is CCN(CC)C(=O)[C@H]1[C@H](O[Si](C(C)C)(C(C)C)C(C)C)[C@@H]2OC(C)(C)O[C@@H]2[C@H](COC(c2ccccc2)(c2ccccc2)c2ccccc2)N1C(C)=O. The molecule has 2 heterocycles. The lowest BCUT2D eigenvalue weighted by Gasteiger charge is -2.54. The molecule has 2 amide bonds. The fourth-order valence-electron chi connectivity index (χ4n) is 9.41. The van der Waals surface area contributed by atoms with Gasteiger partial charge in [0.2, 0.25) is 20.1 Å². The smallest absolute Gasteiger partial charge is 0.248 e. The van der Waals surface area contributed by atoms with Gasteiger partial charge in [0.05, 0.1) is 12.6 Å². The number of benzene rings is 3. The number of hydrogen-bond acceptors (Lipinski definition) is 6. The van der Waals surface area contributed by atoms with Gasteiger partial charge in [-0.2, -0.15) is 0 Å². The zero-order chi connectivity index (χ0) is 38.7. The van der Waals surface area contributed by atoms with Gasteiger partial charge in [0.25, 0.3) is 0 Å². The fourth-order valence-corrected chi connectivity index (χ4v) is 15.0. The lowest BCUT2D eigenvalue weighted by atomic mass is 9.79. The Morgan fingerprint density at radius 1 is 0.755 bits per heavy atom. The molecule has 5 atom stereocenters. The van der Waals surface area contributed by atoms with E-state index in [1.165, 1.54) is 0 Å². The van der Waals surface area contributed by atoms with Crippen LogP contribution >= 0.6 is 0 Å². The van der Waals surface area contributed by atoms with E-state index in [1.807, 2.05) is 87.2 Å². The lowest BCUT2D eigenvalue weighted by Crippen LogP contribution is -2.73. The van der Waals surface area contributed by atoms with Crippen molar-refractivity contribution in [3.05, 3.63) is 108 Å². The number of carbonyl (C=O) groups is 2. The highest BCUT2D eigenvalue weighted by Crippen LogP contribution is 2.49. The van der Waals surface area contributed by atoms with E-state index < -0.39 is 50.1 Å². The van der Waals surface area contributed by atoms with Gasteiger partial charge in [0.15, 0.2) is 5.79 Å². The normalized spacial score (nSPS) is 23.1. The zero-order valence-corrected chi connectivity index (χ0v) is 34.7. The zero-order valence-electron chi connectivity index (χ0n) is 33.7. The second kappa shape index (κ2) is 16.6. The molecule has 0 aromatic heterocycles. The van der Waals surface area contributed by atoms with E-state index >= 15 is 0 Å². The molecule has 2 fully saturated rings. The average molecular weight is 743 g/mol. The van der Waals surface area contributed by atoms with Crippen molar-refractivity contribution < 1.29 is 28.2 Å². The molecule has 8 nitrogen and oxygen atoms in total. The fraction of sp³-hybridized carbons (Fsp3) is 0.545. The second-order valence-electron chi connectivity index (χ2n) is 16.0. The van der Waals surface area contributed by atoms with Gasteiger partial charge in [-0.3, -0.25) is 9.59 Å². The highest BCUT2D eigenvalue weighted by atomic mass is 28.4. The van der Waals surface area contributed by atoms with Crippen molar-refractivity contribution in [3.8, 4) is 0 Å². The number of carbonyl (C=O) groups excluding carboxylic acids is 2. The van der Waals surface area contributed by atoms with E-state index in [0.717, 1.165) is 16.7 Å². The molecule has 288 valence electrons. The third kappa shape index (κ3) is 7.65. The summed E-state index contributed by atoms with van der Waals surface area (Å²) in [6.45, 7) is 23.8. The maximum absolute atomic E-state index is 15.0. The predicted octanol–water partition coefficient (Wildman–Crippen LogP) is 8.54. The minimum Gasteiger partial charge on any atom is -0.408 e. The maximum Gasteiger partial charge on any atom is 0.248 e. The number of likely N-dealkylation sites (tertiary alicyclic amines) is 1. The average Bonchev–Trinajstić information content (AvgIpc) is 3.47. The quantitative estimate of drug-likeness (QED) is 0.122. The second-order valence-corrected chi connectivity index (χ2v) is 21.4. The van der Waals surface area contributed by atoms with E-state index in [0.29, 0.717) is 13.1 Å². The molecule has 53 heavy (non-hydrogen) atoms. The Morgan fingerprint density at radius 3 is 1.55 bits per heavy atom. The van der Waals surface area contributed by atoms with Gasteiger partial charge >= 0.3 is 0 Å². The summed E-state index contributed by atoms with van der Waals surface area (Å²) in [6.07, 6.45) is -1.99. The van der Waals surface area contributed by atoms with Crippen molar-refractivity contribution >= 4 is 20.1 Å². The van der Waals surface area contributed by atoms with Crippen LogP contribution in [0.15, 0.2) is 91.0 Å². The molecule has 0 bridgehead atoms. The number of likely N-dealkylation sites (N-methyl/N-ethyl adjacent to an activating group) is 1. The Balaban J connectivity index is 1.72. The molecular formula is C44H62N2O6Si. The van der Waals surface area contributed by atoms with Gasteiger partial charge in [0.1, 0.15) is 30.0 Å². The van der Waals surface area contributed by atoms with Gasteiger partial charge in [-0.15, -0.1) is 0 Å². The summed E-state index contributed by atoms with van der Waals surface area (Å²) in [5.74, 6) is -1.37. The van der Waals surface area contributed by atoms with E-state index in [-0.39, 0.29) is 35.0 Å². The number of rotatable bonds is 14. The van der Waals surface area contributed by atoms with Crippen LogP contribution in [0.1, 0.15) is 92.9 Å². The first kappa shape index (κ1) is 40.8. The summed E-state index contributed by atoms with van der Waals surface area (Å²) >= 11 is 0. The van der Waals surface area contributed by atoms with Crippen LogP contribution < -0.4 is 0 Å². The molecule has 0 saturated carbocycles. The van der Waals surface area contributed by atoms with Crippen LogP contribution in [0, 0.1) is 0 Å². The molecule has 3 aromatic carbocycles. The standard InChI is InChI=1S/C44H62N2O6Si/c1-12-45(13-2)42(48)38-40(52-53(30(3)4,31(5)6)32(7)8)41-39(50-43(10,11)51-41)37(46(38)33(9)47)29-49-44(34-23-17-14-18-24-34,35-25-19-15-20-26-35)36-27-21-16-22-28-36/h14-28,30-32,37-41H,12-13,29H2,1-11H3/t37-,38+,39+,40-,41+/m0/s1. The van der Waals surface area contributed by atoms with Crippen LogP contribution in [0.2, 0.25) is 16.6 Å². The van der Waals surface area contributed by atoms with Crippen LogP contribution in [-0.2, 0) is 33.8 Å². The number of ether oxygens (including phenoxy) is 3. The van der Waals surface area contributed by atoms with Crippen LogP contribution in [0.3, 0.4) is 0 Å². The van der Waals surface area contributed by atoms with Gasteiger partial charge < -0.3 is 28.4 Å². The predicted molar refractivity (Wildman–Crippen MR) is 213 cm³/mol. The Morgan fingerprint density at radius 2 is 1.17 bits per heavy atom. The van der Waals surface area contributed by atoms with Crippen molar-refractivity contribution in [3.63, 3.8) is 0 Å². The van der Waals surface area contributed by atoms with Crippen molar-refractivity contribution in [1.29, 1.82) is 0 Å². The number of fused-ring (bicyclic) bond motifs is 1. The summed E-state index contributed by atoms with van der Waals surface area (Å²) in [4.78, 5) is 32.8. The molecule has 0 unspecified atom stereocenters. The van der Waals surface area contributed by atoms with Crippen molar-refractivity contribution in [2.24, 2.45) is 0 Å². The van der Waals surface area contributed by atoms with Gasteiger partial charge in [-0.05, 0) is 61.0 Å². The molecule has 0 radical (unpaired) electrons. The van der Waals surface area contributed by atoms with Crippen LogP contribution in [0.4, 0.5) is 0 Å². The lowest BCUT2D eigenvalue weighted by molar-refractivity contribution is -0.176. The summed E-state index contributed by atoms with van der Waals surface area (Å²) in [5, 5.41) is 0. The molecule has 0 aliphatic carbocycles. The number of amides is 2. The molecule has 9 heteroatoms. The molecule has 2 aliphatic rings. The molecule has 5 rings (SSSR count). The Bertz CT molecular complexity index is 1530. The third-order valence-electron chi connectivity index (χ3n) is 11.6. The van der Waals surface area contributed by atoms with E-state index in [4.69, 9.17) is 18.6 Å². The summed E-state index contributed by atoms with van der Waals surface area (Å²) in [5.41, 5.74) is 2.53. The van der Waals surface area contributed by atoms with E-state index in [9.17, 15) is 9.59 Å². The number of nitrogens with zero attached hydrogens (tertiary/aromatic N) is 2. The van der Waals surface area contributed by atoms with Crippen LogP contribution in [0.25, 0.3) is 0 Å². The van der Waals surface area contributed by atoms with Gasteiger partial charge in [-0.25, -0.2) is 0 Å². The van der Waals surface area contributed by atoms with E-state index in [1.54, 1.807) is 11.8 Å². The van der Waals surface area contributed by atoms with Gasteiger partial charge in [-0.1, -0.05) is 133 Å². The molecular weight excluding hydrogens is 681 g/mol. The first-order chi connectivity index (χ1) is 25.2. The highest BCUT2D eigenvalue weighted by Gasteiger charge is 2.63. The van der Waals surface area contributed by atoms with Gasteiger partial charge in [0, 0.05) is 20.0 Å². The molecule has 3 aromatic rings. The molecule has 2 aliphatic heterocycles. The van der Waals surface area contributed by atoms with Crippen molar-refractivity contribution in [1.82, 2.24) is 9.80 Å².